The second kappa shape index (κ2) is 4.74. The lowest BCUT2D eigenvalue weighted by atomic mass is 10.2. The van der Waals surface area contributed by atoms with Crippen LogP contribution in [0, 0.1) is 13.8 Å². The molecule has 2 aromatic rings. The van der Waals surface area contributed by atoms with E-state index in [2.05, 4.69) is 4.98 Å². The first-order chi connectivity index (χ1) is 8.40. The highest BCUT2D eigenvalue weighted by atomic mass is 35.5. The van der Waals surface area contributed by atoms with Gasteiger partial charge < -0.3 is 9.67 Å². The molecule has 2 rings (SSSR count). The van der Waals surface area contributed by atoms with Crippen molar-refractivity contribution in [2.45, 2.75) is 26.8 Å². The molecule has 0 saturated carbocycles. The molecule has 2 heterocycles. The summed E-state index contributed by atoms with van der Waals surface area (Å²) in [6, 6.07) is 1.37. The predicted molar refractivity (Wildman–Crippen MR) is 71.8 cm³/mol. The third-order valence-corrected chi connectivity index (χ3v) is 4.22. The third kappa shape index (κ3) is 2.28. The lowest BCUT2D eigenvalue weighted by molar-refractivity contribution is 0.0684. The monoisotopic (exact) mass is 284 g/mol. The first kappa shape index (κ1) is 13.1. The first-order valence-corrected chi connectivity index (χ1v) is 6.64. The molecule has 4 nitrogen and oxygen atoms in total. The van der Waals surface area contributed by atoms with Gasteiger partial charge in [-0.2, -0.15) is 0 Å². The van der Waals surface area contributed by atoms with Crippen LogP contribution in [0.1, 0.15) is 39.0 Å². The fraction of sp³-hybridized carbons (Fsp3) is 0.333. The van der Waals surface area contributed by atoms with Gasteiger partial charge in [-0.3, -0.25) is 0 Å². The Balaban J connectivity index is 2.48. The Morgan fingerprint density at radius 1 is 1.56 bits per heavy atom. The number of hydrogen-bond acceptors (Lipinski definition) is 3. The number of thiazole rings is 1. The highest BCUT2D eigenvalue weighted by molar-refractivity contribution is 7.11. The van der Waals surface area contributed by atoms with Crippen LogP contribution in [-0.4, -0.2) is 20.6 Å². The molecule has 0 saturated heterocycles. The molecule has 0 radical (unpaired) electrons. The van der Waals surface area contributed by atoms with Gasteiger partial charge in [0.05, 0.1) is 26.6 Å². The van der Waals surface area contributed by atoms with Crippen LogP contribution in [0.15, 0.2) is 12.3 Å². The molecule has 1 N–H and O–H groups in total. The van der Waals surface area contributed by atoms with Crippen molar-refractivity contribution in [2.24, 2.45) is 0 Å². The zero-order chi connectivity index (χ0) is 13.4. The average molecular weight is 285 g/mol. The fourth-order valence-corrected chi connectivity index (χ4v) is 3.19. The van der Waals surface area contributed by atoms with Crippen molar-refractivity contribution >= 4 is 28.9 Å². The number of halogens is 1. The summed E-state index contributed by atoms with van der Waals surface area (Å²) < 4.78 is 1.67. The summed E-state index contributed by atoms with van der Waals surface area (Å²) in [6.45, 7) is 5.82. The van der Waals surface area contributed by atoms with Crippen LogP contribution in [0.3, 0.4) is 0 Å². The van der Waals surface area contributed by atoms with Gasteiger partial charge in [0.15, 0.2) is 0 Å². The van der Waals surface area contributed by atoms with Gasteiger partial charge in [0.1, 0.15) is 5.69 Å². The second-order valence-electron chi connectivity index (χ2n) is 4.11. The number of carboxylic acid groups (broad SMARTS) is 1. The molecule has 0 fully saturated rings. The molecule has 6 heteroatoms. The SMILES string of the molecule is Cc1nc(C)c(C(C)n2cc(Cl)cc2C(=O)O)s1. The number of carboxylic acids is 1. The summed E-state index contributed by atoms with van der Waals surface area (Å²) in [4.78, 5) is 16.6. The first-order valence-electron chi connectivity index (χ1n) is 5.44. The number of nitrogens with zero attached hydrogens (tertiary/aromatic N) is 2. The molecular weight excluding hydrogens is 272 g/mol. The minimum atomic E-state index is -0.979. The molecule has 0 aliphatic rings. The molecular formula is C12H13ClN2O2S. The summed E-state index contributed by atoms with van der Waals surface area (Å²) in [5.74, 6) is -0.979. The smallest absolute Gasteiger partial charge is 0.352 e. The molecule has 1 atom stereocenters. The standard InChI is InChI=1S/C12H13ClN2O2S/c1-6-11(18-8(3)14-6)7(2)15-5-9(13)4-10(15)12(16)17/h4-5,7H,1-3H3,(H,16,17). The average Bonchev–Trinajstić information content (AvgIpc) is 2.81. The lowest BCUT2D eigenvalue weighted by Gasteiger charge is -2.14. The molecule has 0 spiro atoms. The topological polar surface area (TPSA) is 55.1 Å². The van der Waals surface area contributed by atoms with Crippen molar-refractivity contribution in [3.05, 3.63) is 38.6 Å². The summed E-state index contributed by atoms with van der Waals surface area (Å²) in [5, 5.41) is 10.6. The molecule has 18 heavy (non-hydrogen) atoms. The Bertz CT molecular complexity index is 603. The van der Waals surface area contributed by atoms with E-state index in [1.165, 1.54) is 6.07 Å². The van der Waals surface area contributed by atoms with E-state index in [-0.39, 0.29) is 11.7 Å². The molecule has 2 aromatic heterocycles. The molecule has 96 valence electrons. The van der Waals surface area contributed by atoms with Gasteiger partial charge in [-0.25, -0.2) is 9.78 Å². The zero-order valence-corrected chi connectivity index (χ0v) is 11.8. The van der Waals surface area contributed by atoms with E-state index >= 15 is 0 Å². The van der Waals surface area contributed by atoms with Crippen molar-refractivity contribution in [3.63, 3.8) is 0 Å². The summed E-state index contributed by atoms with van der Waals surface area (Å²) in [5.41, 5.74) is 1.13. The molecule has 0 aromatic carbocycles. The van der Waals surface area contributed by atoms with Gasteiger partial charge in [0.2, 0.25) is 0 Å². The maximum absolute atomic E-state index is 11.2. The number of rotatable bonds is 3. The van der Waals surface area contributed by atoms with Crippen LogP contribution in [0.4, 0.5) is 0 Å². The molecule has 0 aliphatic carbocycles. The van der Waals surface area contributed by atoms with Gasteiger partial charge in [0, 0.05) is 6.20 Å². The van der Waals surface area contributed by atoms with Crippen LogP contribution in [0.2, 0.25) is 5.02 Å². The van der Waals surface area contributed by atoms with E-state index in [1.807, 2.05) is 20.8 Å². The Hall–Kier alpha value is -1.33. The van der Waals surface area contributed by atoms with E-state index < -0.39 is 5.97 Å². The van der Waals surface area contributed by atoms with E-state index in [9.17, 15) is 4.79 Å². The lowest BCUT2D eigenvalue weighted by Crippen LogP contribution is -2.12. The number of aryl methyl sites for hydroxylation is 2. The quantitative estimate of drug-likeness (QED) is 0.938. The van der Waals surface area contributed by atoms with Crippen LogP contribution in [0.25, 0.3) is 0 Å². The Kier molecular flexibility index (Phi) is 3.45. The van der Waals surface area contributed by atoms with Crippen LogP contribution in [-0.2, 0) is 0 Å². The maximum atomic E-state index is 11.2. The summed E-state index contributed by atoms with van der Waals surface area (Å²) >= 11 is 7.47. The Morgan fingerprint density at radius 3 is 2.72 bits per heavy atom. The van der Waals surface area contributed by atoms with Gasteiger partial charge in [0.25, 0.3) is 0 Å². The van der Waals surface area contributed by atoms with Crippen molar-refractivity contribution in [1.82, 2.24) is 9.55 Å². The summed E-state index contributed by atoms with van der Waals surface area (Å²) in [7, 11) is 0. The van der Waals surface area contributed by atoms with Gasteiger partial charge in [-0.1, -0.05) is 11.6 Å². The Morgan fingerprint density at radius 2 is 2.22 bits per heavy atom. The van der Waals surface area contributed by atoms with Gasteiger partial charge >= 0.3 is 5.97 Å². The van der Waals surface area contributed by atoms with Crippen molar-refractivity contribution in [1.29, 1.82) is 0 Å². The highest BCUT2D eigenvalue weighted by Crippen LogP contribution is 2.30. The van der Waals surface area contributed by atoms with Crippen LogP contribution < -0.4 is 0 Å². The van der Waals surface area contributed by atoms with Gasteiger partial charge in [-0.05, 0) is 26.8 Å². The molecule has 0 aliphatic heterocycles. The molecule has 0 bridgehead atoms. The maximum Gasteiger partial charge on any atom is 0.352 e. The van der Waals surface area contributed by atoms with Crippen LogP contribution in [0.5, 0.6) is 0 Å². The summed E-state index contributed by atoms with van der Waals surface area (Å²) in [6.07, 6.45) is 1.64. The number of aromatic nitrogens is 2. The van der Waals surface area contributed by atoms with Crippen molar-refractivity contribution in [3.8, 4) is 0 Å². The third-order valence-electron chi connectivity index (χ3n) is 2.77. The minimum Gasteiger partial charge on any atom is -0.477 e. The van der Waals surface area contributed by atoms with Gasteiger partial charge in [-0.15, -0.1) is 11.3 Å². The minimum absolute atomic E-state index is 0.0881. The zero-order valence-electron chi connectivity index (χ0n) is 10.3. The number of carbonyl (C=O) groups is 1. The number of aromatic carboxylic acids is 1. The normalized spacial score (nSPS) is 12.7. The Labute approximate surface area is 114 Å². The van der Waals surface area contributed by atoms with E-state index in [4.69, 9.17) is 16.7 Å². The van der Waals surface area contributed by atoms with Crippen molar-refractivity contribution < 1.29 is 9.90 Å². The largest absolute Gasteiger partial charge is 0.477 e. The van der Waals surface area contributed by atoms with E-state index in [0.29, 0.717) is 5.02 Å². The van der Waals surface area contributed by atoms with E-state index in [0.717, 1.165) is 15.6 Å². The highest BCUT2D eigenvalue weighted by Gasteiger charge is 2.20. The number of hydrogen-bond donors (Lipinski definition) is 1. The van der Waals surface area contributed by atoms with Crippen molar-refractivity contribution in [2.75, 3.05) is 0 Å². The van der Waals surface area contributed by atoms with Crippen LogP contribution >= 0.6 is 22.9 Å². The second-order valence-corrected chi connectivity index (χ2v) is 5.79. The predicted octanol–water partition coefficient (Wildman–Crippen LogP) is 3.52. The fourth-order valence-electron chi connectivity index (χ4n) is 2.00. The molecule has 1 unspecified atom stereocenters. The van der Waals surface area contributed by atoms with E-state index in [1.54, 1.807) is 22.1 Å². The molecule has 0 amide bonds.